The zero-order valence-electron chi connectivity index (χ0n) is 11.1. The molecular formula is C15H17N3S. The number of benzene rings is 2. The molecule has 0 aromatic heterocycles. The summed E-state index contributed by atoms with van der Waals surface area (Å²) in [5.74, 6) is 0. The van der Waals surface area contributed by atoms with Gasteiger partial charge < -0.3 is 16.0 Å². The summed E-state index contributed by atoms with van der Waals surface area (Å²) < 4.78 is 0. The number of nitrogens with zero attached hydrogens (tertiary/aromatic N) is 1. The Bertz CT molecular complexity index is 593. The summed E-state index contributed by atoms with van der Waals surface area (Å²) in [6, 6.07) is 16.2. The molecule has 2 aromatic carbocycles. The highest BCUT2D eigenvalue weighted by atomic mass is 32.1. The molecule has 0 aliphatic carbocycles. The van der Waals surface area contributed by atoms with Crippen LogP contribution < -0.4 is 16.0 Å². The highest BCUT2D eigenvalue weighted by Crippen LogP contribution is 2.34. The van der Waals surface area contributed by atoms with E-state index in [2.05, 4.69) is 28.4 Å². The van der Waals surface area contributed by atoms with Crippen LogP contribution in [0.3, 0.4) is 0 Å². The fourth-order valence-corrected chi connectivity index (χ4v) is 2.16. The monoisotopic (exact) mass is 271 g/mol. The fourth-order valence-electron chi connectivity index (χ4n) is 2.05. The van der Waals surface area contributed by atoms with Gasteiger partial charge in [-0.15, -0.1) is 0 Å². The first-order chi connectivity index (χ1) is 9.09. The molecule has 4 heteroatoms. The Balaban J connectivity index is 2.56. The van der Waals surface area contributed by atoms with Gasteiger partial charge in [-0.2, -0.15) is 0 Å². The third kappa shape index (κ3) is 3.03. The van der Waals surface area contributed by atoms with Gasteiger partial charge in [0.15, 0.2) is 5.11 Å². The average Bonchev–Trinajstić information content (AvgIpc) is 2.38. The normalized spacial score (nSPS) is 10.0. The van der Waals surface area contributed by atoms with Gasteiger partial charge in [0, 0.05) is 36.6 Å². The maximum atomic E-state index is 5.58. The molecule has 0 fully saturated rings. The van der Waals surface area contributed by atoms with Crippen molar-refractivity contribution in [2.24, 2.45) is 5.73 Å². The van der Waals surface area contributed by atoms with Gasteiger partial charge in [-0.05, 0) is 24.4 Å². The summed E-state index contributed by atoms with van der Waals surface area (Å²) in [6.07, 6.45) is 0. The van der Waals surface area contributed by atoms with Crippen LogP contribution in [0.25, 0.3) is 11.1 Å². The zero-order valence-corrected chi connectivity index (χ0v) is 11.9. The Hall–Kier alpha value is -2.07. The van der Waals surface area contributed by atoms with Crippen LogP contribution in [0.4, 0.5) is 11.4 Å². The van der Waals surface area contributed by atoms with E-state index in [0.29, 0.717) is 0 Å². The van der Waals surface area contributed by atoms with Crippen molar-refractivity contribution in [2.45, 2.75) is 0 Å². The number of rotatable bonds is 3. The van der Waals surface area contributed by atoms with Crippen molar-refractivity contribution in [3.63, 3.8) is 0 Å². The average molecular weight is 271 g/mol. The second kappa shape index (κ2) is 5.71. The summed E-state index contributed by atoms with van der Waals surface area (Å²) in [6.45, 7) is 0. The molecule has 0 amide bonds. The van der Waals surface area contributed by atoms with E-state index < -0.39 is 0 Å². The maximum absolute atomic E-state index is 5.58. The van der Waals surface area contributed by atoms with Crippen molar-refractivity contribution in [1.29, 1.82) is 0 Å². The van der Waals surface area contributed by atoms with Gasteiger partial charge in [0.2, 0.25) is 0 Å². The van der Waals surface area contributed by atoms with E-state index in [-0.39, 0.29) is 5.11 Å². The van der Waals surface area contributed by atoms with Crippen LogP contribution in [0, 0.1) is 0 Å². The van der Waals surface area contributed by atoms with Gasteiger partial charge in [-0.3, -0.25) is 0 Å². The maximum Gasteiger partial charge on any atom is 0.168 e. The summed E-state index contributed by atoms with van der Waals surface area (Å²) in [5.41, 5.74) is 9.88. The zero-order chi connectivity index (χ0) is 13.8. The van der Waals surface area contributed by atoms with E-state index >= 15 is 0 Å². The Kier molecular flexibility index (Phi) is 4.02. The van der Waals surface area contributed by atoms with Crippen molar-refractivity contribution in [3.05, 3.63) is 48.5 Å². The number of nitrogens with one attached hydrogen (secondary N) is 1. The van der Waals surface area contributed by atoms with Gasteiger partial charge in [0.1, 0.15) is 0 Å². The third-order valence-corrected chi connectivity index (χ3v) is 2.96. The lowest BCUT2D eigenvalue weighted by Crippen LogP contribution is -2.19. The summed E-state index contributed by atoms with van der Waals surface area (Å²) in [7, 11) is 4.06. The smallest absolute Gasteiger partial charge is 0.168 e. The van der Waals surface area contributed by atoms with Crippen molar-refractivity contribution in [2.75, 3.05) is 24.3 Å². The van der Waals surface area contributed by atoms with Crippen LogP contribution in [0.2, 0.25) is 0 Å². The molecule has 3 N–H and O–H groups in total. The topological polar surface area (TPSA) is 41.3 Å². The lowest BCUT2D eigenvalue weighted by Gasteiger charge is -2.19. The minimum Gasteiger partial charge on any atom is -0.377 e. The van der Waals surface area contributed by atoms with Gasteiger partial charge in [0.25, 0.3) is 0 Å². The quantitative estimate of drug-likeness (QED) is 0.842. The Morgan fingerprint density at radius 3 is 2.21 bits per heavy atom. The van der Waals surface area contributed by atoms with E-state index in [1.165, 1.54) is 0 Å². The Morgan fingerprint density at radius 2 is 1.58 bits per heavy atom. The first kappa shape index (κ1) is 13.4. The molecule has 0 saturated carbocycles. The van der Waals surface area contributed by atoms with Crippen molar-refractivity contribution >= 4 is 28.7 Å². The van der Waals surface area contributed by atoms with E-state index in [4.69, 9.17) is 18.0 Å². The van der Waals surface area contributed by atoms with Crippen molar-refractivity contribution in [3.8, 4) is 11.1 Å². The molecule has 19 heavy (non-hydrogen) atoms. The molecule has 98 valence electrons. The molecule has 0 saturated heterocycles. The van der Waals surface area contributed by atoms with Gasteiger partial charge >= 0.3 is 0 Å². The molecule has 2 aromatic rings. The van der Waals surface area contributed by atoms with Crippen LogP contribution in [-0.2, 0) is 0 Å². The number of para-hydroxylation sites is 2. The van der Waals surface area contributed by atoms with Gasteiger partial charge in [0.05, 0.1) is 0 Å². The molecule has 0 aliphatic heterocycles. The van der Waals surface area contributed by atoms with Crippen molar-refractivity contribution in [1.82, 2.24) is 0 Å². The second-order valence-corrected chi connectivity index (χ2v) is 4.89. The van der Waals surface area contributed by atoms with E-state index in [1.54, 1.807) is 0 Å². The summed E-state index contributed by atoms with van der Waals surface area (Å²) in [4.78, 5) is 2.09. The van der Waals surface area contributed by atoms with Gasteiger partial charge in [-0.1, -0.05) is 36.4 Å². The molecular weight excluding hydrogens is 254 g/mol. The summed E-state index contributed by atoms with van der Waals surface area (Å²) in [5, 5.41) is 3.30. The predicted molar refractivity (Wildman–Crippen MR) is 86.6 cm³/mol. The lowest BCUT2D eigenvalue weighted by molar-refractivity contribution is 1.13. The first-order valence-corrected chi connectivity index (χ1v) is 6.42. The molecule has 0 spiro atoms. The van der Waals surface area contributed by atoms with E-state index in [1.807, 2.05) is 44.4 Å². The number of nitrogens with two attached hydrogens (primary N) is 1. The van der Waals surface area contributed by atoms with Crippen LogP contribution in [0.15, 0.2) is 48.5 Å². The molecule has 2 rings (SSSR count). The number of thiocarbonyl (C=S) groups is 1. The number of anilines is 2. The highest BCUT2D eigenvalue weighted by Gasteiger charge is 2.10. The van der Waals surface area contributed by atoms with Gasteiger partial charge in [-0.25, -0.2) is 0 Å². The van der Waals surface area contributed by atoms with E-state index in [0.717, 1.165) is 22.5 Å². The van der Waals surface area contributed by atoms with Crippen LogP contribution in [0.1, 0.15) is 0 Å². The molecule has 0 bridgehead atoms. The minimum absolute atomic E-state index is 0.273. The SMILES string of the molecule is CN(C)c1ccccc1-c1ccccc1NC(N)=S. The molecule has 3 nitrogen and oxygen atoms in total. The molecule has 0 radical (unpaired) electrons. The third-order valence-electron chi connectivity index (χ3n) is 2.86. The molecule has 0 atom stereocenters. The van der Waals surface area contributed by atoms with Crippen LogP contribution in [0.5, 0.6) is 0 Å². The summed E-state index contributed by atoms with van der Waals surface area (Å²) >= 11 is 4.93. The Morgan fingerprint density at radius 1 is 1.00 bits per heavy atom. The number of hydrogen-bond donors (Lipinski definition) is 2. The lowest BCUT2D eigenvalue weighted by atomic mass is 10.0. The predicted octanol–water partition coefficient (Wildman–Crippen LogP) is 3.08. The first-order valence-electron chi connectivity index (χ1n) is 6.02. The molecule has 0 heterocycles. The number of hydrogen-bond acceptors (Lipinski definition) is 2. The van der Waals surface area contributed by atoms with Crippen molar-refractivity contribution < 1.29 is 0 Å². The van der Waals surface area contributed by atoms with Crippen LogP contribution >= 0.6 is 12.2 Å². The minimum atomic E-state index is 0.273. The molecule has 0 aliphatic rings. The standard InChI is InChI=1S/C15H17N3S/c1-18(2)14-10-6-4-8-12(14)11-7-3-5-9-13(11)17-15(16)19/h3-10H,1-2H3,(H3,16,17,19). The van der Waals surface area contributed by atoms with Crippen LogP contribution in [-0.4, -0.2) is 19.2 Å². The largest absolute Gasteiger partial charge is 0.377 e. The second-order valence-electron chi connectivity index (χ2n) is 4.45. The highest BCUT2D eigenvalue weighted by molar-refractivity contribution is 7.80. The Labute approximate surface area is 119 Å². The molecule has 0 unspecified atom stereocenters. The van der Waals surface area contributed by atoms with E-state index in [9.17, 15) is 0 Å². The fraction of sp³-hybridized carbons (Fsp3) is 0.133.